The second-order valence-electron chi connectivity index (χ2n) is 5.77. The molecule has 1 aliphatic heterocycles. The van der Waals surface area contributed by atoms with E-state index in [1.54, 1.807) is 0 Å². The Morgan fingerprint density at radius 2 is 2.26 bits per heavy atom. The highest BCUT2D eigenvalue weighted by Crippen LogP contribution is 2.29. The van der Waals surface area contributed by atoms with Crippen molar-refractivity contribution in [2.24, 2.45) is 0 Å². The Bertz CT molecular complexity index is 402. The number of rotatable bonds is 4. The summed E-state index contributed by atoms with van der Waals surface area (Å²) in [6.45, 7) is 6.22. The van der Waals surface area contributed by atoms with Crippen LogP contribution in [0.15, 0.2) is 12.4 Å². The minimum absolute atomic E-state index is 0.470. The molecule has 1 aliphatic carbocycles. The highest BCUT2D eigenvalue weighted by atomic mass is 16.5. The first kappa shape index (κ1) is 13.1. The van der Waals surface area contributed by atoms with E-state index in [9.17, 15) is 0 Å². The van der Waals surface area contributed by atoms with Crippen LogP contribution in [0.1, 0.15) is 44.9 Å². The van der Waals surface area contributed by atoms with Crippen molar-refractivity contribution < 1.29 is 4.74 Å². The Balaban J connectivity index is 1.69. The van der Waals surface area contributed by atoms with Gasteiger partial charge in [-0.15, -0.1) is 0 Å². The minimum Gasteiger partial charge on any atom is -0.375 e. The molecule has 2 heterocycles. The standard InChI is InChI=1S/C15H25N3O/c1-2-8-17-9-7-16-15(17)12-18-10-11-19-14-6-4-3-5-13(14)18/h7,9,13-14H,2-6,8,10-12H2,1H3/t13-,14-/m1/s1. The second kappa shape index (κ2) is 6.06. The number of hydrogen-bond acceptors (Lipinski definition) is 3. The van der Waals surface area contributed by atoms with Crippen LogP contribution in [0.4, 0.5) is 0 Å². The summed E-state index contributed by atoms with van der Waals surface area (Å²) in [6, 6.07) is 0.620. The van der Waals surface area contributed by atoms with E-state index in [1.165, 1.54) is 37.9 Å². The van der Waals surface area contributed by atoms with Crippen molar-refractivity contribution in [1.29, 1.82) is 0 Å². The lowest BCUT2D eigenvalue weighted by Gasteiger charge is -2.43. The van der Waals surface area contributed by atoms with Gasteiger partial charge in [-0.3, -0.25) is 4.90 Å². The van der Waals surface area contributed by atoms with E-state index in [-0.39, 0.29) is 0 Å². The van der Waals surface area contributed by atoms with Gasteiger partial charge in [0.15, 0.2) is 0 Å². The van der Waals surface area contributed by atoms with Crippen LogP contribution >= 0.6 is 0 Å². The molecule has 1 aromatic rings. The number of imidazole rings is 1. The molecule has 0 amide bonds. The Morgan fingerprint density at radius 1 is 1.37 bits per heavy atom. The number of hydrogen-bond donors (Lipinski definition) is 0. The predicted octanol–water partition coefficient (Wildman–Crippen LogP) is 2.44. The van der Waals surface area contributed by atoms with E-state index in [1.807, 2.05) is 6.20 Å². The lowest BCUT2D eigenvalue weighted by Crippen LogP contribution is -2.52. The van der Waals surface area contributed by atoms with Crippen molar-refractivity contribution in [3.8, 4) is 0 Å². The topological polar surface area (TPSA) is 30.3 Å². The summed E-state index contributed by atoms with van der Waals surface area (Å²) in [5, 5.41) is 0. The van der Waals surface area contributed by atoms with Crippen LogP contribution in [0.5, 0.6) is 0 Å². The summed E-state index contributed by atoms with van der Waals surface area (Å²) in [6.07, 6.45) is 10.9. The van der Waals surface area contributed by atoms with Gasteiger partial charge in [0.05, 0.1) is 19.3 Å². The number of aromatic nitrogens is 2. The first-order valence-corrected chi connectivity index (χ1v) is 7.74. The SMILES string of the molecule is CCCn1ccnc1CN1CCO[C@@H]2CCCC[C@H]21. The van der Waals surface area contributed by atoms with Crippen molar-refractivity contribution in [3.63, 3.8) is 0 Å². The van der Waals surface area contributed by atoms with E-state index in [0.29, 0.717) is 12.1 Å². The maximum Gasteiger partial charge on any atom is 0.122 e. The third-order valence-electron chi connectivity index (χ3n) is 4.46. The highest BCUT2D eigenvalue weighted by molar-refractivity contribution is 4.96. The number of fused-ring (bicyclic) bond motifs is 1. The summed E-state index contributed by atoms with van der Waals surface area (Å²) >= 11 is 0. The van der Waals surface area contributed by atoms with Crippen molar-refractivity contribution in [2.75, 3.05) is 13.2 Å². The molecule has 2 atom stereocenters. The van der Waals surface area contributed by atoms with Crippen LogP contribution in [0.25, 0.3) is 0 Å². The lowest BCUT2D eigenvalue weighted by molar-refractivity contribution is -0.0920. The normalized spacial score (nSPS) is 28.3. The molecule has 0 N–H and O–H groups in total. The number of morpholine rings is 1. The number of nitrogens with zero attached hydrogens (tertiary/aromatic N) is 3. The maximum absolute atomic E-state index is 5.94. The summed E-state index contributed by atoms with van der Waals surface area (Å²) < 4.78 is 8.24. The molecule has 1 saturated heterocycles. The quantitative estimate of drug-likeness (QED) is 0.836. The van der Waals surface area contributed by atoms with Crippen molar-refractivity contribution in [3.05, 3.63) is 18.2 Å². The van der Waals surface area contributed by atoms with Gasteiger partial charge in [-0.1, -0.05) is 19.8 Å². The molecule has 3 rings (SSSR count). The van der Waals surface area contributed by atoms with Crippen LogP contribution in [-0.2, 0) is 17.8 Å². The van der Waals surface area contributed by atoms with Crippen LogP contribution in [-0.4, -0.2) is 39.7 Å². The average Bonchev–Trinajstić information content (AvgIpc) is 2.87. The molecule has 1 aromatic heterocycles. The number of aryl methyl sites for hydroxylation is 1. The molecule has 1 saturated carbocycles. The zero-order chi connectivity index (χ0) is 13.1. The first-order valence-electron chi connectivity index (χ1n) is 7.74. The molecule has 2 fully saturated rings. The zero-order valence-electron chi connectivity index (χ0n) is 11.9. The van der Waals surface area contributed by atoms with Gasteiger partial charge in [-0.25, -0.2) is 4.98 Å². The molecule has 2 aliphatic rings. The molecule has 19 heavy (non-hydrogen) atoms. The fraction of sp³-hybridized carbons (Fsp3) is 0.800. The lowest BCUT2D eigenvalue weighted by atomic mass is 9.90. The van der Waals surface area contributed by atoms with Crippen LogP contribution in [0.3, 0.4) is 0 Å². The van der Waals surface area contributed by atoms with Crippen LogP contribution < -0.4 is 0 Å². The van der Waals surface area contributed by atoms with Gasteiger partial charge in [0.25, 0.3) is 0 Å². The van der Waals surface area contributed by atoms with Crippen molar-refractivity contribution in [1.82, 2.24) is 14.5 Å². The average molecular weight is 263 g/mol. The van der Waals surface area contributed by atoms with Gasteiger partial charge < -0.3 is 9.30 Å². The van der Waals surface area contributed by atoms with Crippen LogP contribution in [0, 0.1) is 0 Å². The second-order valence-corrected chi connectivity index (χ2v) is 5.77. The number of ether oxygens (including phenoxy) is 1. The molecular weight excluding hydrogens is 238 g/mol. The smallest absolute Gasteiger partial charge is 0.122 e. The zero-order valence-corrected chi connectivity index (χ0v) is 11.9. The fourth-order valence-corrected chi connectivity index (χ4v) is 3.49. The van der Waals surface area contributed by atoms with E-state index in [4.69, 9.17) is 4.74 Å². The van der Waals surface area contributed by atoms with Gasteiger partial charge in [-0.2, -0.15) is 0 Å². The summed E-state index contributed by atoms with van der Waals surface area (Å²) in [5.74, 6) is 1.22. The van der Waals surface area contributed by atoms with E-state index in [0.717, 1.165) is 26.2 Å². The molecule has 0 aromatic carbocycles. The molecule has 0 bridgehead atoms. The van der Waals surface area contributed by atoms with Crippen molar-refractivity contribution in [2.45, 2.75) is 64.3 Å². The summed E-state index contributed by atoms with van der Waals surface area (Å²) in [7, 11) is 0. The largest absolute Gasteiger partial charge is 0.375 e. The Hall–Kier alpha value is -0.870. The molecule has 106 valence electrons. The summed E-state index contributed by atoms with van der Waals surface area (Å²) in [5.41, 5.74) is 0. The van der Waals surface area contributed by atoms with E-state index < -0.39 is 0 Å². The van der Waals surface area contributed by atoms with Gasteiger partial charge in [0, 0.05) is 31.5 Å². The molecule has 0 spiro atoms. The Labute approximate surface area is 115 Å². The molecule has 0 radical (unpaired) electrons. The van der Waals surface area contributed by atoms with Crippen molar-refractivity contribution >= 4 is 0 Å². The van der Waals surface area contributed by atoms with Gasteiger partial charge in [0.1, 0.15) is 5.82 Å². The molecular formula is C15H25N3O. The van der Waals surface area contributed by atoms with E-state index in [2.05, 4.69) is 27.6 Å². The third-order valence-corrected chi connectivity index (χ3v) is 4.46. The minimum atomic E-state index is 0.470. The summed E-state index contributed by atoms with van der Waals surface area (Å²) in [4.78, 5) is 7.15. The Morgan fingerprint density at radius 3 is 3.16 bits per heavy atom. The van der Waals surface area contributed by atoms with E-state index >= 15 is 0 Å². The molecule has 4 heteroatoms. The maximum atomic E-state index is 5.94. The van der Waals surface area contributed by atoms with Gasteiger partial charge in [-0.05, 0) is 19.3 Å². The monoisotopic (exact) mass is 263 g/mol. The fourth-order valence-electron chi connectivity index (χ4n) is 3.49. The predicted molar refractivity (Wildman–Crippen MR) is 74.9 cm³/mol. The first-order chi connectivity index (χ1) is 9.38. The van der Waals surface area contributed by atoms with Gasteiger partial charge in [0.2, 0.25) is 0 Å². The van der Waals surface area contributed by atoms with Gasteiger partial charge >= 0.3 is 0 Å². The Kier molecular flexibility index (Phi) is 4.18. The molecule has 4 nitrogen and oxygen atoms in total. The molecule has 0 unspecified atom stereocenters. The van der Waals surface area contributed by atoms with Crippen LogP contribution in [0.2, 0.25) is 0 Å². The highest BCUT2D eigenvalue weighted by Gasteiger charge is 2.34. The third kappa shape index (κ3) is 2.84.